The van der Waals surface area contributed by atoms with Crippen molar-refractivity contribution in [2.24, 2.45) is 5.73 Å². The van der Waals surface area contributed by atoms with E-state index in [1.807, 2.05) is 11.1 Å². The summed E-state index contributed by atoms with van der Waals surface area (Å²) in [4.78, 5) is 21.6. The molecule has 1 fully saturated rings. The number of piperidine rings is 1. The number of imidazole rings is 1. The van der Waals surface area contributed by atoms with Gasteiger partial charge >= 0.3 is 0 Å². The van der Waals surface area contributed by atoms with Crippen molar-refractivity contribution in [3.63, 3.8) is 0 Å². The van der Waals surface area contributed by atoms with Crippen LogP contribution in [0.5, 0.6) is 0 Å². The van der Waals surface area contributed by atoms with Gasteiger partial charge < -0.3 is 15.6 Å². The van der Waals surface area contributed by atoms with E-state index >= 15 is 0 Å². The first-order valence-corrected chi connectivity index (χ1v) is 9.73. The molecular weight excluding hydrogens is 352 g/mol. The van der Waals surface area contributed by atoms with Gasteiger partial charge in [-0.05, 0) is 25.3 Å². The van der Waals surface area contributed by atoms with Crippen LogP contribution in [0, 0.1) is 6.92 Å². The highest BCUT2D eigenvalue weighted by Crippen LogP contribution is 2.34. The van der Waals surface area contributed by atoms with Crippen LogP contribution in [0.15, 0.2) is 43.0 Å². The van der Waals surface area contributed by atoms with Gasteiger partial charge in [0, 0.05) is 48.6 Å². The van der Waals surface area contributed by atoms with Gasteiger partial charge in [0.05, 0.1) is 18.6 Å². The van der Waals surface area contributed by atoms with Gasteiger partial charge in [-0.2, -0.15) is 5.10 Å². The summed E-state index contributed by atoms with van der Waals surface area (Å²) in [6, 6.07) is 7.94. The molecular formula is C21H26N6O. The summed E-state index contributed by atoms with van der Waals surface area (Å²) >= 11 is 0. The van der Waals surface area contributed by atoms with Crippen molar-refractivity contribution in [3.8, 4) is 11.1 Å². The van der Waals surface area contributed by atoms with Crippen LogP contribution in [-0.2, 0) is 11.2 Å². The zero-order chi connectivity index (χ0) is 19.5. The van der Waals surface area contributed by atoms with Gasteiger partial charge in [-0.25, -0.2) is 4.98 Å². The molecule has 2 aromatic heterocycles. The van der Waals surface area contributed by atoms with Crippen LogP contribution >= 0.6 is 0 Å². The van der Waals surface area contributed by atoms with E-state index in [9.17, 15) is 4.79 Å². The molecule has 1 aliphatic rings. The Morgan fingerprint density at radius 3 is 2.86 bits per heavy atom. The zero-order valence-corrected chi connectivity index (χ0v) is 16.1. The summed E-state index contributed by atoms with van der Waals surface area (Å²) < 4.78 is 0. The molecule has 1 amide bonds. The third kappa shape index (κ3) is 3.84. The lowest BCUT2D eigenvalue weighted by atomic mass is 9.89. The second-order valence-electron chi connectivity index (χ2n) is 7.55. The Bertz CT molecular complexity index is 924. The molecule has 4 N–H and O–H groups in total. The average Bonchev–Trinajstić information content (AvgIpc) is 3.39. The Balaban J connectivity index is 1.40. The molecule has 7 nitrogen and oxygen atoms in total. The van der Waals surface area contributed by atoms with Gasteiger partial charge in [0.15, 0.2) is 0 Å². The minimum Gasteiger partial charge on any atom is -0.348 e. The van der Waals surface area contributed by atoms with Crippen LogP contribution in [0.3, 0.4) is 0 Å². The molecule has 1 saturated heterocycles. The molecule has 1 aromatic carbocycles. The fraction of sp³-hybridized carbons (Fsp3) is 0.381. The number of H-pyrrole nitrogens is 2. The van der Waals surface area contributed by atoms with Crippen LogP contribution in [0.4, 0.5) is 0 Å². The van der Waals surface area contributed by atoms with E-state index in [1.54, 1.807) is 12.5 Å². The number of aromatic amines is 2. The van der Waals surface area contributed by atoms with Gasteiger partial charge in [-0.1, -0.05) is 29.8 Å². The van der Waals surface area contributed by atoms with Crippen LogP contribution in [0.2, 0.25) is 0 Å². The first-order chi connectivity index (χ1) is 13.6. The number of benzene rings is 1. The van der Waals surface area contributed by atoms with Gasteiger partial charge in [0.2, 0.25) is 5.91 Å². The fourth-order valence-corrected chi connectivity index (χ4v) is 3.99. The number of hydrogen-bond acceptors (Lipinski definition) is 4. The highest BCUT2D eigenvalue weighted by molar-refractivity contribution is 5.82. The molecule has 3 heterocycles. The second kappa shape index (κ2) is 7.98. The molecule has 0 bridgehead atoms. The number of amides is 1. The summed E-state index contributed by atoms with van der Waals surface area (Å²) in [5, 5.41) is 7.49. The zero-order valence-electron chi connectivity index (χ0n) is 16.1. The number of hydrogen-bond donors (Lipinski definition) is 3. The Morgan fingerprint density at radius 1 is 1.32 bits per heavy atom. The van der Waals surface area contributed by atoms with Crippen molar-refractivity contribution in [2.45, 2.75) is 38.1 Å². The highest BCUT2D eigenvalue weighted by Gasteiger charge is 2.29. The van der Waals surface area contributed by atoms with Crippen molar-refractivity contribution in [3.05, 3.63) is 59.9 Å². The number of rotatable bonds is 5. The van der Waals surface area contributed by atoms with Gasteiger partial charge in [-0.15, -0.1) is 0 Å². The summed E-state index contributed by atoms with van der Waals surface area (Å²) in [6.07, 6.45) is 7.52. The van der Waals surface area contributed by atoms with E-state index in [-0.39, 0.29) is 5.91 Å². The van der Waals surface area contributed by atoms with Crippen LogP contribution in [0.25, 0.3) is 11.1 Å². The van der Waals surface area contributed by atoms with E-state index in [4.69, 9.17) is 5.73 Å². The largest absolute Gasteiger partial charge is 0.348 e. The van der Waals surface area contributed by atoms with Gasteiger partial charge in [0.25, 0.3) is 0 Å². The third-order valence-corrected chi connectivity index (χ3v) is 5.52. The van der Waals surface area contributed by atoms with Crippen molar-refractivity contribution >= 4 is 5.91 Å². The smallest absolute Gasteiger partial charge is 0.239 e. The van der Waals surface area contributed by atoms with E-state index in [0.717, 1.165) is 24.1 Å². The normalized spacial score (nSPS) is 16.3. The number of aryl methyl sites for hydroxylation is 1. The Hall–Kier alpha value is -2.93. The fourth-order valence-electron chi connectivity index (χ4n) is 3.99. The molecule has 146 valence electrons. The molecule has 0 saturated carbocycles. The predicted octanol–water partition coefficient (Wildman–Crippen LogP) is 2.38. The quantitative estimate of drug-likeness (QED) is 0.634. The molecule has 28 heavy (non-hydrogen) atoms. The predicted molar refractivity (Wildman–Crippen MR) is 108 cm³/mol. The highest BCUT2D eigenvalue weighted by atomic mass is 16.2. The molecule has 0 spiro atoms. The molecule has 1 aliphatic heterocycles. The molecule has 0 radical (unpaired) electrons. The molecule has 3 aromatic rings. The van der Waals surface area contributed by atoms with E-state index in [1.165, 1.54) is 16.8 Å². The van der Waals surface area contributed by atoms with E-state index in [2.05, 4.69) is 51.4 Å². The van der Waals surface area contributed by atoms with Gasteiger partial charge in [-0.3, -0.25) is 9.89 Å². The Kier molecular flexibility index (Phi) is 5.25. The minimum absolute atomic E-state index is 0.0107. The lowest BCUT2D eigenvalue weighted by Crippen LogP contribution is -2.47. The standard InChI is InChI=1S/C21H26N6O/c1-14-3-2-4-16(9-14)18-12-25-26-20(18)15-5-7-27(8-6-15)21(28)19(22)10-17-11-23-13-24-17/h2-4,9,11-13,15,19H,5-8,10,22H2,1H3,(H,23,24)(H,25,26)/t19-/m0/s1. The summed E-state index contributed by atoms with van der Waals surface area (Å²) in [5.41, 5.74) is 11.8. The Labute approximate surface area is 164 Å². The minimum atomic E-state index is -0.535. The topological polar surface area (TPSA) is 104 Å². The van der Waals surface area contributed by atoms with E-state index < -0.39 is 6.04 Å². The summed E-state index contributed by atoms with van der Waals surface area (Å²) in [7, 11) is 0. The number of carbonyl (C=O) groups is 1. The maximum absolute atomic E-state index is 12.7. The number of nitrogens with one attached hydrogen (secondary N) is 2. The third-order valence-electron chi connectivity index (χ3n) is 5.52. The van der Waals surface area contributed by atoms with Crippen LogP contribution in [0.1, 0.15) is 35.7 Å². The maximum atomic E-state index is 12.7. The molecule has 0 aliphatic carbocycles. The molecule has 7 heteroatoms. The second-order valence-corrected chi connectivity index (χ2v) is 7.55. The first kappa shape index (κ1) is 18.4. The summed E-state index contributed by atoms with van der Waals surface area (Å²) in [6.45, 7) is 3.53. The average molecular weight is 378 g/mol. The van der Waals surface area contributed by atoms with Crippen LogP contribution < -0.4 is 5.73 Å². The molecule has 1 atom stereocenters. The molecule has 0 unspecified atom stereocenters. The Morgan fingerprint density at radius 2 is 2.14 bits per heavy atom. The number of nitrogens with zero attached hydrogens (tertiary/aromatic N) is 3. The van der Waals surface area contributed by atoms with Gasteiger partial charge in [0.1, 0.15) is 0 Å². The lowest BCUT2D eigenvalue weighted by molar-refractivity contribution is -0.133. The van der Waals surface area contributed by atoms with Crippen molar-refractivity contribution in [1.82, 2.24) is 25.1 Å². The molecule has 4 rings (SSSR count). The first-order valence-electron chi connectivity index (χ1n) is 9.73. The lowest BCUT2D eigenvalue weighted by Gasteiger charge is -2.33. The van der Waals surface area contributed by atoms with E-state index in [0.29, 0.717) is 25.4 Å². The van der Waals surface area contributed by atoms with Crippen molar-refractivity contribution < 1.29 is 4.79 Å². The monoisotopic (exact) mass is 378 g/mol. The van der Waals surface area contributed by atoms with Crippen LogP contribution in [-0.4, -0.2) is 50.1 Å². The number of carbonyl (C=O) groups excluding carboxylic acids is 1. The van der Waals surface area contributed by atoms with Crippen molar-refractivity contribution in [2.75, 3.05) is 13.1 Å². The SMILES string of the molecule is Cc1cccc(-c2cn[nH]c2C2CCN(C(=O)[C@@H](N)Cc3cnc[nH]3)CC2)c1. The van der Waals surface area contributed by atoms with Crippen molar-refractivity contribution in [1.29, 1.82) is 0 Å². The number of nitrogens with two attached hydrogens (primary N) is 1. The summed E-state index contributed by atoms with van der Waals surface area (Å²) in [5.74, 6) is 0.377. The maximum Gasteiger partial charge on any atom is 0.239 e. The number of aromatic nitrogens is 4. The number of likely N-dealkylation sites (tertiary alicyclic amines) is 1.